The van der Waals surface area contributed by atoms with Gasteiger partial charge in [-0.3, -0.25) is 4.79 Å². The number of allylic oxidation sites excluding steroid dienone is 1. The Labute approximate surface area is 97.2 Å². The third-order valence-corrected chi connectivity index (χ3v) is 4.04. The van der Waals surface area contributed by atoms with Crippen molar-refractivity contribution in [3.8, 4) is 0 Å². The molecule has 1 rings (SSSR count). The average Bonchev–Trinajstić information content (AvgIpc) is 2.16. The van der Waals surface area contributed by atoms with Crippen molar-refractivity contribution in [3.63, 3.8) is 0 Å². The van der Waals surface area contributed by atoms with E-state index in [9.17, 15) is 9.90 Å². The second-order valence-corrected chi connectivity index (χ2v) is 5.23. The molecule has 0 spiro atoms. The van der Waals surface area contributed by atoms with Crippen molar-refractivity contribution in [1.82, 2.24) is 0 Å². The topological polar surface area (TPSA) is 57.5 Å². The number of aliphatic carboxylic acids is 1. The van der Waals surface area contributed by atoms with E-state index in [0.29, 0.717) is 0 Å². The molecule has 1 fully saturated rings. The van der Waals surface area contributed by atoms with Crippen LogP contribution in [0.2, 0.25) is 0 Å². The largest absolute Gasteiger partial charge is 0.481 e. The Morgan fingerprint density at radius 1 is 1.44 bits per heavy atom. The minimum Gasteiger partial charge on any atom is -0.481 e. The molecular weight excluding hydrogens is 204 g/mol. The standard InChI is InChI=1S/C13H22O3/c1-9(2)13(3,8-12(15)16)10-6-4-5-7-11(10)14/h10-11,14H,1,4-8H2,2-3H3,(H,15,16). The molecule has 92 valence electrons. The summed E-state index contributed by atoms with van der Waals surface area (Å²) in [5.41, 5.74) is 0.381. The first-order chi connectivity index (χ1) is 7.38. The van der Waals surface area contributed by atoms with Crippen LogP contribution in [0.25, 0.3) is 0 Å². The number of aliphatic hydroxyl groups excluding tert-OH is 1. The van der Waals surface area contributed by atoms with Crippen LogP contribution in [0.3, 0.4) is 0 Å². The maximum Gasteiger partial charge on any atom is 0.304 e. The van der Waals surface area contributed by atoms with Gasteiger partial charge in [0.15, 0.2) is 0 Å². The van der Waals surface area contributed by atoms with Gasteiger partial charge in [0.1, 0.15) is 0 Å². The van der Waals surface area contributed by atoms with Crippen molar-refractivity contribution >= 4 is 5.97 Å². The fourth-order valence-electron chi connectivity index (χ4n) is 2.77. The number of hydrogen-bond acceptors (Lipinski definition) is 2. The normalized spacial score (nSPS) is 29.4. The highest BCUT2D eigenvalue weighted by molar-refractivity contribution is 5.68. The summed E-state index contributed by atoms with van der Waals surface area (Å²) in [6.45, 7) is 7.70. The third-order valence-electron chi connectivity index (χ3n) is 4.04. The maximum atomic E-state index is 10.9. The molecule has 0 aliphatic heterocycles. The molecular formula is C13H22O3. The lowest BCUT2D eigenvalue weighted by atomic mass is 9.63. The van der Waals surface area contributed by atoms with Gasteiger partial charge in [0.2, 0.25) is 0 Å². The van der Waals surface area contributed by atoms with E-state index >= 15 is 0 Å². The Balaban J connectivity index is 2.90. The van der Waals surface area contributed by atoms with Crippen LogP contribution in [0.15, 0.2) is 12.2 Å². The highest BCUT2D eigenvalue weighted by Gasteiger charge is 2.41. The number of rotatable bonds is 4. The van der Waals surface area contributed by atoms with Crippen LogP contribution >= 0.6 is 0 Å². The van der Waals surface area contributed by atoms with Crippen molar-refractivity contribution < 1.29 is 15.0 Å². The van der Waals surface area contributed by atoms with Crippen LogP contribution in [0.4, 0.5) is 0 Å². The summed E-state index contributed by atoms with van der Waals surface area (Å²) in [5, 5.41) is 19.0. The zero-order valence-electron chi connectivity index (χ0n) is 10.2. The molecule has 0 saturated heterocycles. The van der Waals surface area contributed by atoms with Crippen LogP contribution in [0, 0.1) is 11.3 Å². The Kier molecular flexibility index (Phi) is 4.14. The monoisotopic (exact) mass is 226 g/mol. The summed E-state index contributed by atoms with van der Waals surface area (Å²) in [6.07, 6.45) is 3.48. The van der Waals surface area contributed by atoms with E-state index in [0.717, 1.165) is 31.3 Å². The van der Waals surface area contributed by atoms with E-state index in [1.165, 1.54) is 0 Å². The first-order valence-corrected chi connectivity index (χ1v) is 5.94. The fourth-order valence-corrected chi connectivity index (χ4v) is 2.77. The van der Waals surface area contributed by atoms with Crippen LogP contribution in [-0.2, 0) is 4.79 Å². The highest BCUT2D eigenvalue weighted by atomic mass is 16.4. The Morgan fingerprint density at radius 3 is 2.44 bits per heavy atom. The number of carbonyl (C=O) groups is 1. The van der Waals surface area contributed by atoms with Crippen LogP contribution in [-0.4, -0.2) is 22.3 Å². The smallest absolute Gasteiger partial charge is 0.304 e. The molecule has 3 unspecified atom stereocenters. The van der Waals surface area contributed by atoms with Gasteiger partial charge in [-0.05, 0) is 25.7 Å². The van der Waals surface area contributed by atoms with Gasteiger partial charge in [-0.25, -0.2) is 0 Å². The van der Waals surface area contributed by atoms with Gasteiger partial charge in [-0.15, -0.1) is 0 Å². The Hall–Kier alpha value is -0.830. The molecule has 0 aromatic rings. The second-order valence-electron chi connectivity index (χ2n) is 5.23. The molecule has 2 N–H and O–H groups in total. The van der Waals surface area contributed by atoms with Crippen molar-refractivity contribution in [2.45, 2.75) is 52.1 Å². The van der Waals surface area contributed by atoms with Crippen LogP contribution in [0.1, 0.15) is 46.0 Å². The molecule has 1 saturated carbocycles. The molecule has 0 aromatic carbocycles. The summed E-state index contributed by atoms with van der Waals surface area (Å²) in [6, 6.07) is 0. The zero-order chi connectivity index (χ0) is 12.3. The van der Waals surface area contributed by atoms with Crippen molar-refractivity contribution in [2.75, 3.05) is 0 Å². The molecule has 1 aliphatic carbocycles. The summed E-state index contributed by atoms with van der Waals surface area (Å²) < 4.78 is 0. The summed E-state index contributed by atoms with van der Waals surface area (Å²) in [4.78, 5) is 10.9. The van der Waals surface area contributed by atoms with E-state index < -0.39 is 11.4 Å². The second kappa shape index (κ2) is 5.00. The lowest BCUT2D eigenvalue weighted by molar-refractivity contribution is -0.140. The molecule has 0 bridgehead atoms. The van der Waals surface area contributed by atoms with Crippen molar-refractivity contribution in [1.29, 1.82) is 0 Å². The quantitative estimate of drug-likeness (QED) is 0.724. The average molecular weight is 226 g/mol. The van der Waals surface area contributed by atoms with Gasteiger partial charge in [0, 0.05) is 5.41 Å². The maximum absolute atomic E-state index is 10.9. The number of hydrogen-bond donors (Lipinski definition) is 2. The summed E-state index contributed by atoms with van der Waals surface area (Å²) in [7, 11) is 0. The number of carboxylic acid groups (broad SMARTS) is 1. The summed E-state index contributed by atoms with van der Waals surface area (Å²) >= 11 is 0. The Bertz CT molecular complexity index is 285. The van der Waals surface area contributed by atoms with E-state index in [2.05, 4.69) is 6.58 Å². The number of aliphatic hydroxyl groups is 1. The lowest BCUT2D eigenvalue weighted by Crippen LogP contribution is -2.40. The third kappa shape index (κ3) is 2.64. The molecule has 3 heteroatoms. The van der Waals surface area contributed by atoms with E-state index in [1.54, 1.807) is 0 Å². The van der Waals surface area contributed by atoms with Gasteiger partial charge in [-0.1, -0.05) is 31.9 Å². The Morgan fingerprint density at radius 2 is 2.00 bits per heavy atom. The van der Waals surface area contributed by atoms with E-state index in [1.807, 2.05) is 13.8 Å². The molecule has 1 aliphatic rings. The predicted octanol–water partition coefficient (Wildman–Crippen LogP) is 2.59. The van der Waals surface area contributed by atoms with Crippen molar-refractivity contribution in [2.24, 2.45) is 11.3 Å². The van der Waals surface area contributed by atoms with Crippen LogP contribution in [0.5, 0.6) is 0 Å². The molecule has 0 amide bonds. The predicted molar refractivity (Wildman–Crippen MR) is 63.1 cm³/mol. The van der Waals surface area contributed by atoms with Crippen LogP contribution < -0.4 is 0 Å². The molecule has 0 heterocycles. The summed E-state index contributed by atoms with van der Waals surface area (Å²) in [5.74, 6) is -0.780. The van der Waals surface area contributed by atoms with Gasteiger partial charge in [0.05, 0.1) is 12.5 Å². The highest BCUT2D eigenvalue weighted by Crippen LogP contribution is 2.45. The van der Waals surface area contributed by atoms with E-state index in [-0.39, 0.29) is 18.4 Å². The minimum atomic E-state index is -0.816. The van der Waals surface area contributed by atoms with Gasteiger partial charge in [0.25, 0.3) is 0 Å². The molecule has 0 aromatic heterocycles. The first-order valence-electron chi connectivity index (χ1n) is 5.94. The van der Waals surface area contributed by atoms with Crippen molar-refractivity contribution in [3.05, 3.63) is 12.2 Å². The zero-order valence-corrected chi connectivity index (χ0v) is 10.2. The lowest BCUT2D eigenvalue weighted by Gasteiger charge is -2.42. The van der Waals surface area contributed by atoms with E-state index in [4.69, 9.17) is 5.11 Å². The molecule has 0 radical (unpaired) electrons. The van der Waals surface area contributed by atoms with Gasteiger partial charge >= 0.3 is 5.97 Å². The number of carboxylic acids is 1. The molecule has 3 nitrogen and oxygen atoms in total. The molecule has 16 heavy (non-hydrogen) atoms. The fraction of sp³-hybridized carbons (Fsp3) is 0.769. The first kappa shape index (κ1) is 13.2. The molecule has 3 atom stereocenters. The SMILES string of the molecule is C=C(C)C(C)(CC(=O)O)C1CCCCC1O. The minimum absolute atomic E-state index is 0.0369. The van der Waals surface area contributed by atoms with Gasteiger partial charge in [-0.2, -0.15) is 0 Å². The van der Waals surface area contributed by atoms with Gasteiger partial charge < -0.3 is 10.2 Å².